The summed E-state index contributed by atoms with van der Waals surface area (Å²) in [6.07, 6.45) is 2.94. The molecule has 0 N–H and O–H groups in total. The molecule has 6 nitrogen and oxygen atoms in total. The van der Waals surface area contributed by atoms with Gasteiger partial charge in [0.1, 0.15) is 6.54 Å². The van der Waals surface area contributed by atoms with Gasteiger partial charge in [0.2, 0.25) is 5.91 Å². The first kappa shape index (κ1) is 24.8. The zero-order valence-corrected chi connectivity index (χ0v) is 20.5. The second-order valence-electron chi connectivity index (χ2n) is 8.22. The van der Waals surface area contributed by atoms with Crippen molar-refractivity contribution in [3.05, 3.63) is 60.2 Å². The van der Waals surface area contributed by atoms with Gasteiger partial charge in [-0.05, 0) is 43.9 Å². The molecule has 0 bridgehead atoms. The maximum Gasteiger partial charge on any atom is 0.326 e. The molecule has 0 spiro atoms. The molecule has 1 amide bonds. The first-order valence-electron chi connectivity index (χ1n) is 11.5. The number of thioether (sulfide) groups is 1. The zero-order chi connectivity index (χ0) is 23.6. The van der Waals surface area contributed by atoms with Crippen LogP contribution in [0, 0.1) is 0 Å². The topological polar surface area (TPSA) is 64.4 Å². The van der Waals surface area contributed by atoms with Crippen LogP contribution >= 0.6 is 11.8 Å². The molecular weight excluding hydrogens is 434 g/mol. The molecule has 7 heteroatoms. The molecule has 1 atom stereocenters. The number of benzene rings is 2. The summed E-state index contributed by atoms with van der Waals surface area (Å²) < 4.78 is 7.41. The van der Waals surface area contributed by atoms with Crippen LogP contribution in [-0.4, -0.2) is 45.2 Å². The highest BCUT2D eigenvalue weighted by Crippen LogP contribution is 2.25. The number of amides is 1. The number of hydrogen-bond donors (Lipinski definition) is 0. The Labute approximate surface area is 200 Å². The average molecular weight is 468 g/mol. The summed E-state index contributed by atoms with van der Waals surface area (Å²) in [6.45, 7) is 4.68. The van der Waals surface area contributed by atoms with E-state index < -0.39 is 0 Å². The third-order valence-electron chi connectivity index (χ3n) is 5.52. The molecule has 0 aliphatic carbocycles. The Morgan fingerprint density at radius 3 is 2.58 bits per heavy atom. The van der Waals surface area contributed by atoms with Gasteiger partial charge in [0.15, 0.2) is 5.16 Å². The molecule has 1 unspecified atom stereocenters. The van der Waals surface area contributed by atoms with Crippen molar-refractivity contribution in [2.24, 2.45) is 0 Å². The van der Waals surface area contributed by atoms with Crippen molar-refractivity contribution in [2.45, 2.75) is 63.9 Å². The van der Waals surface area contributed by atoms with E-state index in [2.05, 4.69) is 0 Å². The Balaban J connectivity index is 1.50. The van der Waals surface area contributed by atoms with E-state index in [1.807, 2.05) is 80.1 Å². The summed E-state index contributed by atoms with van der Waals surface area (Å²) in [7, 11) is 1.85. The standard InChI is InChI=1S/C26H33N3O3S/c1-4-20(2)32-25(31)19-29-23-15-9-8-14-22(23)27-26(29)33-17-11-10-16-24(30)28(3)18-21-12-6-5-7-13-21/h5-9,12-15,20H,4,10-11,16-19H2,1-3H3. The lowest BCUT2D eigenvalue weighted by Crippen LogP contribution is -2.25. The van der Waals surface area contributed by atoms with Crippen molar-refractivity contribution in [3.63, 3.8) is 0 Å². The van der Waals surface area contributed by atoms with Crippen LogP contribution in [0.15, 0.2) is 59.8 Å². The van der Waals surface area contributed by atoms with Crippen LogP contribution in [0.1, 0.15) is 45.1 Å². The highest BCUT2D eigenvalue weighted by atomic mass is 32.2. The average Bonchev–Trinajstić information content (AvgIpc) is 3.16. The fourth-order valence-corrected chi connectivity index (χ4v) is 4.48. The van der Waals surface area contributed by atoms with Gasteiger partial charge in [0.25, 0.3) is 0 Å². The Morgan fingerprint density at radius 2 is 1.82 bits per heavy atom. The molecule has 0 saturated heterocycles. The Kier molecular flexibility index (Phi) is 9.36. The summed E-state index contributed by atoms with van der Waals surface area (Å²) in [6, 6.07) is 17.9. The van der Waals surface area contributed by atoms with Crippen LogP contribution in [0.3, 0.4) is 0 Å². The summed E-state index contributed by atoms with van der Waals surface area (Å²) in [5.41, 5.74) is 2.93. The first-order valence-corrected chi connectivity index (χ1v) is 12.5. The molecule has 1 heterocycles. The number of carbonyl (C=O) groups excluding carboxylic acids is 2. The molecule has 0 fully saturated rings. The molecule has 0 aliphatic rings. The van der Waals surface area contributed by atoms with Crippen molar-refractivity contribution in [3.8, 4) is 0 Å². The Hall–Kier alpha value is -2.80. The number of unbranched alkanes of at least 4 members (excludes halogenated alkanes) is 1. The lowest BCUT2D eigenvalue weighted by Gasteiger charge is -2.17. The van der Waals surface area contributed by atoms with Gasteiger partial charge in [-0.1, -0.05) is 61.2 Å². The molecule has 3 rings (SSSR count). The number of hydrogen-bond acceptors (Lipinski definition) is 5. The number of para-hydroxylation sites is 2. The number of nitrogens with zero attached hydrogens (tertiary/aromatic N) is 3. The van der Waals surface area contributed by atoms with Crippen LogP contribution in [-0.2, 0) is 27.4 Å². The number of esters is 1. The summed E-state index contributed by atoms with van der Waals surface area (Å²) in [5, 5.41) is 0.810. The third kappa shape index (κ3) is 7.35. The largest absolute Gasteiger partial charge is 0.461 e. The van der Waals surface area contributed by atoms with Gasteiger partial charge in [-0.3, -0.25) is 9.59 Å². The smallest absolute Gasteiger partial charge is 0.326 e. The van der Waals surface area contributed by atoms with E-state index in [1.165, 1.54) is 0 Å². The van der Waals surface area contributed by atoms with Gasteiger partial charge >= 0.3 is 5.97 Å². The number of imidazole rings is 1. The number of ether oxygens (including phenoxy) is 1. The summed E-state index contributed by atoms with van der Waals surface area (Å²) in [5.74, 6) is 0.740. The van der Waals surface area contributed by atoms with E-state index in [4.69, 9.17) is 9.72 Å². The van der Waals surface area contributed by atoms with Crippen molar-refractivity contribution >= 4 is 34.7 Å². The summed E-state index contributed by atoms with van der Waals surface area (Å²) in [4.78, 5) is 31.3. The number of rotatable bonds is 12. The second-order valence-corrected chi connectivity index (χ2v) is 9.28. The Morgan fingerprint density at radius 1 is 1.09 bits per heavy atom. The minimum absolute atomic E-state index is 0.0963. The molecule has 0 aliphatic heterocycles. The van der Waals surface area contributed by atoms with Gasteiger partial charge in [-0.25, -0.2) is 4.98 Å². The SMILES string of the molecule is CCC(C)OC(=O)Cn1c(SCCCCC(=O)N(C)Cc2ccccc2)nc2ccccc21. The maximum absolute atomic E-state index is 12.4. The first-order chi connectivity index (χ1) is 16.0. The molecule has 3 aromatic rings. The fourth-order valence-electron chi connectivity index (χ4n) is 3.47. The number of aromatic nitrogens is 2. The van der Waals surface area contributed by atoms with Crippen molar-refractivity contribution in [1.29, 1.82) is 0 Å². The minimum atomic E-state index is -0.249. The van der Waals surface area contributed by atoms with Crippen LogP contribution in [0.2, 0.25) is 0 Å². The van der Waals surface area contributed by atoms with Gasteiger partial charge in [0, 0.05) is 25.8 Å². The molecule has 1 aromatic heterocycles. The quantitative estimate of drug-likeness (QED) is 0.205. The van der Waals surface area contributed by atoms with Crippen molar-refractivity contribution < 1.29 is 14.3 Å². The van der Waals surface area contributed by atoms with Crippen LogP contribution in [0.25, 0.3) is 11.0 Å². The molecule has 0 radical (unpaired) electrons. The molecular formula is C26H33N3O3S. The van der Waals surface area contributed by atoms with Crippen LogP contribution in [0.4, 0.5) is 0 Å². The molecule has 2 aromatic carbocycles. The number of fused-ring (bicyclic) bond motifs is 1. The molecule has 33 heavy (non-hydrogen) atoms. The van der Waals surface area contributed by atoms with E-state index in [0.717, 1.165) is 46.8 Å². The van der Waals surface area contributed by atoms with E-state index in [1.54, 1.807) is 16.7 Å². The van der Waals surface area contributed by atoms with Gasteiger partial charge < -0.3 is 14.2 Å². The van der Waals surface area contributed by atoms with Gasteiger partial charge in [0.05, 0.1) is 17.1 Å². The summed E-state index contributed by atoms with van der Waals surface area (Å²) >= 11 is 1.62. The normalized spacial score (nSPS) is 12.0. The van der Waals surface area contributed by atoms with Crippen molar-refractivity contribution in [1.82, 2.24) is 14.5 Å². The van der Waals surface area contributed by atoms with Gasteiger partial charge in [-0.2, -0.15) is 0 Å². The van der Waals surface area contributed by atoms with Crippen molar-refractivity contribution in [2.75, 3.05) is 12.8 Å². The molecule has 176 valence electrons. The second kappa shape index (κ2) is 12.4. The fraction of sp³-hybridized carbons (Fsp3) is 0.423. The lowest BCUT2D eigenvalue weighted by molar-refractivity contribution is -0.149. The highest BCUT2D eigenvalue weighted by molar-refractivity contribution is 7.99. The number of carbonyl (C=O) groups is 2. The van der Waals surface area contributed by atoms with Crippen LogP contribution < -0.4 is 0 Å². The monoisotopic (exact) mass is 467 g/mol. The van der Waals surface area contributed by atoms with E-state index in [-0.39, 0.29) is 24.5 Å². The third-order valence-corrected chi connectivity index (χ3v) is 6.58. The molecule has 0 saturated carbocycles. The van der Waals surface area contributed by atoms with Gasteiger partial charge in [-0.15, -0.1) is 0 Å². The predicted octanol–water partition coefficient (Wildman–Crippen LogP) is 5.30. The lowest BCUT2D eigenvalue weighted by atomic mass is 10.2. The minimum Gasteiger partial charge on any atom is -0.461 e. The Bertz CT molecular complexity index is 1050. The zero-order valence-electron chi connectivity index (χ0n) is 19.7. The predicted molar refractivity (Wildman–Crippen MR) is 133 cm³/mol. The maximum atomic E-state index is 12.4. The van der Waals surface area contributed by atoms with E-state index in [0.29, 0.717) is 13.0 Å². The van der Waals surface area contributed by atoms with Crippen LogP contribution in [0.5, 0.6) is 0 Å². The van der Waals surface area contributed by atoms with E-state index >= 15 is 0 Å². The highest BCUT2D eigenvalue weighted by Gasteiger charge is 2.16. The van der Waals surface area contributed by atoms with E-state index in [9.17, 15) is 9.59 Å².